The number of nitrogens with one attached hydrogen (secondary N) is 2. The Morgan fingerprint density at radius 2 is 1.89 bits per heavy atom. The van der Waals surface area contributed by atoms with E-state index in [1.807, 2.05) is 36.4 Å². The summed E-state index contributed by atoms with van der Waals surface area (Å²) in [6.45, 7) is 0. The van der Waals surface area contributed by atoms with Crippen molar-refractivity contribution in [2.45, 2.75) is 6.04 Å². The van der Waals surface area contributed by atoms with E-state index in [2.05, 4.69) is 15.8 Å². The van der Waals surface area contributed by atoms with Crippen molar-refractivity contribution in [1.82, 2.24) is 10.5 Å². The second-order valence-electron chi connectivity index (χ2n) is 6.09. The Balaban J connectivity index is 1.71. The highest BCUT2D eigenvalue weighted by atomic mass is 35.5. The Labute approximate surface area is 160 Å². The molecule has 2 heterocycles. The van der Waals surface area contributed by atoms with Crippen LogP contribution in [0.5, 0.6) is 5.75 Å². The molecule has 0 bridgehead atoms. The summed E-state index contributed by atoms with van der Waals surface area (Å²) in [5.41, 5.74) is 2.87. The minimum absolute atomic E-state index is 0.245. The molecule has 0 spiro atoms. The van der Waals surface area contributed by atoms with Crippen molar-refractivity contribution < 1.29 is 14.1 Å². The number of carbonyl (C=O) groups excluding carboxylic acids is 1. The molecule has 1 aromatic heterocycles. The lowest BCUT2D eigenvalue weighted by Gasteiger charge is -2.29. The van der Waals surface area contributed by atoms with Crippen LogP contribution in [-0.4, -0.2) is 25.3 Å². The monoisotopic (exact) mass is 384 g/mol. The van der Waals surface area contributed by atoms with Gasteiger partial charge in [0.05, 0.1) is 7.11 Å². The zero-order valence-corrected chi connectivity index (χ0v) is 15.4. The molecule has 1 unspecified atom stereocenters. The van der Waals surface area contributed by atoms with Crippen LogP contribution in [0, 0.1) is 0 Å². The highest BCUT2D eigenvalue weighted by Crippen LogP contribution is 2.40. The third-order valence-corrected chi connectivity index (χ3v) is 4.68. The Bertz CT molecular complexity index is 970. The van der Waals surface area contributed by atoms with Gasteiger partial charge < -0.3 is 19.9 Å². The fourth-order valence-corrected chi connectivity index (χ4v) is 3.11. The standard InChI is InChI=1S/C19H17ClN4O3/c1-24-17-16(23-27-18(17)21-13-7-5-12(20)6-8-13)15(22-19(24)25)11-3-9-14(26-2)10-4-11/h3-10,15,21H,1-2H3,(H,22,25). The summed E-state index contributed by atoms with van der Waals surface area (Å²) < 4.78 is 10.7. The van der Waals surface area contributed by atoms with E-state index in [0.29, 0.717) is 22.3 Å². The maximum absolute atomic E-state index is 12.5. The predicted octanol–water partition coefficient (Wildman–Crippen LogP) is 4.33. The lowest BCUT2D eigenvalue weighted by molar-refractivity contribution is 0.243. The van der Waals surface area contributed by atoms with E-state index >= 15 is 0 Å². The van der Waals surface area contributed by atoms with Crippen molar-refractivity contribution in [2.24, 2.45) is 0 Å². The maximum Gasteiger partial charge on any atom is 0.322 e. The van der Waals surface area contributed by atoms with E-state index in [1.165, 1.54) is 4.90 Å². The SMILES string of the molecule is COc1ccc(C2NC(=O)N(C)c3c2noc3Nc2ccc(Cl)cc2)cc1. The van der Waals surface area contributed by atoms with Crippen LogP contribution in [-0.2, 0) is 0 Å². The van der Waals surface area contributed by atoms with Gasteiger partial charge in [0, 0.05) is 17.8 Å². The number of aromatic nitrogens is 1. The van der Waals surface area contributed by atoms with Crippen molar-refractivity contribution in [3.05, 3.63) is 64.8 Å². The number of benzene rings is 2. The van der Waals surface area contributed by atoms with E-state index < -0.39 is 6.04 Å². The van der Waals surface area contributed by atoms with E-state index in [0.717, 1.165) is 17.0 Å². The molecule has 7 nitrogen and oxygen atoms in total. The van der Waals surface area contributed by atoms with Gasteiger partial charge in [-0.25, -0.2) is 4.79 Å². The molecule has 1 atom stereocenters. The van der Waals surface area contributed by atoms with Gasteiger partial charge in [-0.3, -0.25) is 4.90 Å². The number of carbonyl (C=O) groups is 1. The smallest absolute Gasteiger partial charge is 0.322 e. The molecule has 138 valence electrons. The van der Waals surface area contributed by atoms with Gasteiger partial charge in [-0.1, -0.05) is 28.9 Å². The summed E-state index contributed by atoms with van der Waals surface area (Å²) in [6.07, 6.45) is 0. The van der Waals surface area contributed by atoms with Gasteiger partial charge >= 0.3 is 6.03 Å². The molecule has 3 aromatic rings. The third-order valence-electron chi connectivity index (χ3n) is 4.43. The number of anilines is 3. The summed E-state index contributed by atoms with van der Waals surface area (Å²) in [5, 5.41) is 10.9. The zero-order valence-electron chi connectivity index (χ0n) is 14.7. The molecule has 4 rings (SSSR count). The van der Waals surface area contributed by atoms with Crippen LogP contribution in [0.1, 0.15) is 17.3 Å². The van der Waals surface area contributed by atoms with E-state index in [-0.39, 0.29) is 6.03 Å². The van der Waals surface area contributed by atoms with Gasteiger partial charge in [0.1, 0.15) is 23.2 Å². The Hall–Kier alpha value is -3.19. The summed E-state index contributed by atoms with van der Waals surface area (Å²) in [7, 11) is 3.28. The highest BCUT2D eigenvalue weighted by molar-refractivity contribution is 6.30. The largest absolute Gasteiger partial charge is 0.497 e. The molecule has 2 N–H and O–H groups in total. The van der Waals surface area contributed by atoms with E-state index in [9.17, 15) is 4.79 Å². The van der Waals surface area contributed by atoms with Crippen molar-refractivity contribution in [3.8, 4) is 5.75 Å². The molecule has 0 radical (unpaired) electrons. The molecule has 1 aliphatic heterocycles. The van der Waals surface area contributed by atoms with Gasteiger partial charge in [-0.15, -0.1) is 0 Å². The number of urea groups is 1. The number of nitrogens with zero attached hydrogens (tertiary/aromatic N) is 2. The van der Waals surface area contributed by atoms with Crippen LogP contribution >= 0.6 is 11.6 Å². The quantitative estimate of drug-likeness (QED) is 0.699. The fraction of sp³-hybridized carbons (Fsp3) is 0.158. The number of methoxy groups -OCH3 is 1. The highest BCUT2D eigenvalue weighted by Gasteiger charge is 2.36. The second-order valence-corrected chi connectivity index (χ2v) is 6.53. The third kappa shape index (κ3) is 3.17. The Kier molecular flexibility index (Phi) is 4.37. The van der Waals surface area contributed by atoms with Crippen molar-refractivity contribution in [3.63, 3.8) is 0 Å². The Morgan fingerprint density at radius 1 is 1.19 bits per heavy atom. The van der Waals surface area contributed by atoms with Crippen LogP contribution in [0.2, 0.25) is 5.02 Å². The fourth-order valence-electron chi connectivity index (χ4n) is 2.99. The summed E-state index contributed by atoms with van der Waals surface area (Å²) in [6, 6.07) is 14.0. The van der Waals surface area contributed by atoms with Crippen molar-refractivity contribution in [2.75, 3.05) is 24.4 Å². The van der Waals surface area contributed by atoms with Gasteiger partial charge in [0.2, 0.25) is 0 Å². The summed E-state index contributed by atoms with van der Waals surface area (Å²) >= 11 is 5.93. The summed E-state index contributed by atoms with van der Waals surface area (Å²) in [4.78, 5) is 14.0. The normalized spacial score (nSPS) is 15.9. The van der Waals surface area contributed by atoms with Gasteiger partial charge in [0.25, 0.3) is 5.88 Å². The first-order valence-electron chi connectivity index (χ1n) is 8.27. The molecule has 0 aliphatic carbocycles. The van der Waals surface area contributed by atoms with Gasteiger partial charge in [0.15, 0.2) is 0 Å². The van der Waals surface area contributed by atoms with Crippen LogP contribution < -0.4 is 20.3 Å². The molecule has 0 fully saturated rings. The number of hydrogen-bond donors (Lipinski definition) is 2. The molecule has 27 heavy (non-hydrogen) atoms. The molecule has 2 aromatic carbocycles. The van der Waals surface area contributed by atoms with Crippen LogP contribution in [0.25, 0.3) is 0 Å². The molecule has 1 aliphatic rings. The lowest BCUT2D eigenvalue weighted by Crippen LogP contribution is -2.44. The topological polar surface area (TPSA) is 79.6 Å². The molecular formula is C19H17ClN4O3. The average molecular weight is 385 g/mol. The average Bonchev–Trinajstić information content (AvgIpc) is 3.10. The lowest BCUT2D eigenvalue weighted by atomic mass is 10.0. The maximum atomic E-state index is 12.5. The predicted molar refractivity (Wildman–Crippen MR) is 103 cm³/mol. The van der Waals surface area contributed by atoms with Crippen molar-refractivity contribution >= 4 is 34.9 Å². The minimum Gasteiger partial charge on any atom is -0.497 e. The van der Waals surface area contributed by atoms with Crippen LogP contribution in [0.4, 0.5) is 22.1 Å². The van der Waals surface area contributed by atoms with E-state index in [4.69, 9.17) is 20.9 Å². The first-order valence-corrected chi connectivity index (χ1v) is 8.65. The number of rotatable bonds is 4. The van der Waals surface area contributed by atoms with Crippen LogP contribution in [0.15, 0.2) is 53.1 Å². The number of fused-ring (bicyclic) bond motifs is 1. The number of hydrogen-bond acceptors (Lipinski definition) is 5. The summed E-state index contributed by atoms with van der Waals surface area (Å²) in [5.74, 6) is 1.13. The minimum atomic E-state index is -0.417. The molecule has 2 amide bonds. The molecular weight excluding hydrogens is 368 g/mol. The second kappa shape index (κ2) is 6.85. The molecule has 0 saturated carbocycles. The number of ether oxygens (including phenoxy) is 1. The van der Waals surface area contributed by atoms with Gasteiger partial charge in [-0.05, 0) is 42.0 Å². The molecule has 0 saturated heterocycles. The van der Waals surface area contributed by atoms with Crippen LogP contribution in [0.3, 0.4) is 0 Å². The van der Waals surface area contributed by atoms with Crippen molar-refractivity contribution in [1.29, 1.82) is 0 Å². The number of amides is 2. The Morgan fingerprint density at radius 3 is 2.56 bits per heavy atom. The first kappa shape index (κ1) is 17.2. The molecule has 8 heteroatoms. The first-order chi connectivity index (χ1) is 13.1. The number of halogens is 1. The van der Waals surface area contributed by atoms with E-state index in [1.54, 1.807) is 26.3 Å². The zero-order chi connectivity index (χ0) is 19.0. The van der Waals surface area contributed by atoms with Gasteiger partial charge in [-0.2, -0.15) is 0 Å².